The zero-order valence-electron chi connectivity index (χ0n) is 16.3. The molecular formula is C19H28N4O4. The zero-order valence-corrected chi connectivity index (χ0v) is 16.3. The minimum absolute atomic E-state index is 0.190. The topological polar surface area (TPSA) is 83.1 Å². The summed E-state index contributed by atoms with van der Waals surface area (Å²) in [5.41, 5.74) is 0.513. The Morgan fingerprint density at radius 1 is 1.07 bits per heavy atom. The van der Waals surface area contributed by atoms with E-state index >= 15 is 0 Å². The van der Waals surface area contributed by atoms with Crippen LogP contribution in [0.2, 0.25) is 0 Å². The van der Waals surface area contributed by atoms with Crippen LogP contribution >= 0.6 is 0 Å². The van der Waals surface area contributed by atoms with Crippen molar-refractivity contribution in [3.63, 3.8) is 0 Å². The average Bonchev–Trinajstić information content (AvgIpc) is 2.71. The molecule has 1 aliphatic heterocycles. The van der Waals surface area contributed by atoms with Crippen LogP contribution in [-0.4, -0.2) is 84.0 Å². The lowest BCUT2D eigenvalue weighted by Gasteiger charge is -2.33. The number of hydrogen-bond donors (Lipinski definition) is 0. The molecule has 27 heavy (non-hydrogen) atoms. The number of aromatic nitrogens is 1. The third-order valence-electron chi connectivity index (χ3n) is 4.47. The van der Waals surface area contributed by atoms with Crippen molar-refractivity contribution >= 4 is 17.9 Å². The van der Waals surface area contributed by atoms with Crippen molar-refractivity contribution in [2.45, 2.75) is 26.7 Å². The van der Waals surface area contributed by atoms with Gasteiger partial charge in [0.15, 0.2) is 0 Å². The van der Waals surface area contributed by atoms with Gasteiger partial charge in [0.05, 0.1) is 6.61 Å². The van der Waals surface area contributed by atoms with Gasteiger partial charge >= 0.3 is 6.09 Å². The maximum Gasteiger partial charge on any atom is 0.409 e. The Kier molecular flexibility index (Phi) is 7.57. The predicted octanol–water partition coefficient (Wildman–Crippen LogP) is 1.87. The van der Waals surface area contributed by atoms with Gasteiger partial charge in [0.1, 0.15) is 11.4 Å². The van der Waals surface area contributed by atoms with E-state index in [1.54, 1.807) is 46.9 Å². The van der Waals surface area contributed by atoms with Crippen molar-refractivity contribution in [3.8, 4) is 0 Å². The first kappa shape index (κ1) is 20.7. The summed E-state index contributed by atoms with van der Waals surface area (Å²) >= 11 is 0. The second kappa shape index (κ2) is 9.89. The fourth-order valence-corrected chi connectivity index (χ4v) is 2.83. The van der Waals surface area contributed by atoms with Gasteiger partial charge in [-0.15, -0.1) is 0 Å². The number of carbonyl (C=O) groups is 3. The lowest BCUT2D eigenvalue weighted by atomic mass is 10.2. The quantitative estimate of drug-likeness (QED) is 0.757. The van der Waals surface area contributed by atoms with E-state index in [1.807, 2.05) is 0 Å². The summed E-state index contributed by atoms with van der Waals surface area (Å²) < 4.78 is 4.98. The van der Waals surface area contributed by atoms with Crippen LogP contribution in [-0.2, 0) is 4.74 Å². The highest BCUT2D eigenvalue weighted by Gasteiger charge is 2.26. The number of hydrogen-bond acceptors (Lipinski definition) is 5. The molecule has 0 aromatic carbocycles. The fourth-order valence-electron chi connectivity index (χ4n) is 2.83. The molecule has 8 heteroatoms. The molecule has 0 bridgehead atoms. The molecule has 8 nitrogen and oxygen atoms in total. The summed E-state index contributed by atoms with van der Waals surface area (Å²) in [5.74, 6) is -0.422. The molecule has 0 radical (unpaired) electrons. The highest BCUT2D eigenvalue weighted by molar-refractivity contribution is 5.96. The average molecular weight is 376 g/mol. The highest BCUT2D eigenvalue weighted by atomic mass is 16.6. The molecule has 0 N–H and O–H groups in total. The Labute approximate surface area is 160 Å². The van der Waals surface area contributed by atoms with Crippen molar-refractivity contribution in [1.82, 2.24) is 19.7 Å². The lowest BCUT2D eigenvalue weighted by Crippen LogP contribution is -2.50. The Hall–Kier alpha value is -2.64. The van der Waals surface area contributed by atoms with E-state index in [-0.39, 0.29) is 29.3 Å². The van der Waals surface area contributed by atoms with E-state index in [4.69, 9.17) is 4.74 Å². The molecule has 0 saturated carbocycles. The van der Waals surface area contributed by atoms with E-state index in [9.17, 15) is 14.4 Å². The molecule has 2 heterocycles. The molecular weight excluding hydrogens is 348 g/mol. The van der Waals surface area contributed by atoms with Gasteiger partial charge in [-0.1, -0.05) is 19.4 Å². The number of carbonyl (C=O) groups excluding carboxylic acids is 3. The smallest absolute Gasteiger partial charge is 0.409 e. The first-order valence-corrected chi connectivity index (χ1v) is 9.41. The summed E-state index contributed by atoms with van der Waals surface area (Å²) in [4.78, 5) is 46.1. The Bertz CT molecular complexity index is 671. The van der Waals surface area contributed by atoms with E-state index in [1.165, 1.54) is 0 Å². The standard InChI is InChI=1S/C19H28N4O4/c1-4-6-10-21(3)17(24)15-8-7-9-16(20-15)18(25)22-11-13-23(14-12-22)19(26)27-5-2/h7-9H,4-6,10-14H2,1-3H3. The van der Waals surface area contributed by atoms with Gasteiger partial charge < -0.3 is 19.4 Å². The van der Waals surface area contributed by atoms with E-state index in [2.05, 4.69) is 11.9 Å². The van der Waals surface area contributed by atoms with Crippen LogP contribution in [0.1, 0.15) is 47.7 Å². The first-order valence-electron chi connectivity index (χ1n) is 9.41. The second-order valence-electron chi connectivity index (χ2n) is 6.47. The third kappa shape index (κ3) is 5.42. The Morgan fingerprint density at radius 3 is 2.33 bits per heavy atom. The maximum absolute atomic E-state index is 12.7. The normalized spacial score (nSPS) is 14.0. The third-order valence-corrected chi connectivity index (χ3v) is 4.47. The van der Waals surface area contributed by atoms with Gasteiger partial charge in [0.25, 0.3) is 11.8 Å². The second-order valence-corrected chi connectivity index (χ2v) is 6.47. The molecule has 1 aliphatic rings. The maximum atomic E-state index is 12.7. The predicted molar refractivity (Wildman–Crippen MR) is 101 cm³/mol. The van der Waals surface area contributed by atoms with Crippen molar-refractivity contribution in [3.05, 3.63) is 29.6 Å². The van der Waals surface area contributed by atoms with Crippen LogP contribution in [0, 0.1) is 0 Å². The molecule has 0 unspecified atom stereocenters. The first-order chi connectivity index (χ1) is 13.0. The van der Waals surface area contributed by atoms with Gasteiger partial charge in [-0.3, -0.25) is 9.59 Å². The molecule has 148 valence electrons. The van der Waals surface area contributed by atoms with Crippen LogP contribution in [0.15, 0.2) is 18.2 Å². The van der Waals surface area contributed by atoms with Gasteiger partial charge in [-0.2, -0.15) is 0 Å². The molecule has 1 aromatic rings. The molecule has 3 amide bonds. The van der Waals surface area contributed by atoms with Gasteiger partial charge in [0, 0.05) is 39.8 Å². The molecule has 1 saturated heterocycles. The summed E-state index contributed by atoms with van der Waals surface area (Å²) in [7, 11) is 1.74. The summed E-state index contributed by atoms with van der Waals surface area (Å²) in [6.07, 6.45) is 1.57. The SMILES string of the molecule is CCCCN(C)C(=O)c1cccc(C(=O)N2CCN(C(=O)OCC)CC2)n1. The van der Waals surface area contributed by atoms with E-state index < -0.39 is 0 Å². The molecule has 1 fully saturated rings. The number of unbranched alkanes of at least 4 members (excludes halogenated alkanes) is 1. The monoisotopic (exact) mass is 376 g/mol. The minimum atomic E-state index is -0.356. The number of ether oxygens (including phenoxy) is 1. The molecule has 0 atom stereocenters. The number of amides is 3. The summed E-state index contributed by atoms with van der Waals surface area (Å²) in [6, 6.07) is 4.92. The number of rotatable bonds is 6. The lowest BCUT2D eigenvalue weighted by molar-refractivity contribution is 0.0565. The van der Waals surface area contributed by atoms with Crippen molar-refractivity contribution in [2.24, 2.45) is 0 Å². The summed E-state index contributed by atoms with van der Waals surface area (Å²) in [6.45, 7) is 6.48. The van der Waals surface area contributed by atoms with Crippen LogP contribution in [0.25, 0.3) is 0 Å². The molecule has 0 spiro atoms. The van der Waals surface area contributed by atoms with Crippen molar-refractivity contribution in [2.75, 3.05) is 46.4 Å². The van der Waals surface area contributed by atoms with Crippen LogP contribution in [0.3, 0.4) is 0 Å². The van der Waals surface area contributed by atoms with E-state index in [0.29, 0.717) is 39.3 Å². The number of piperazine rings is 1. The molecule has 0 aliphatic carbocycles. The summed E-state index contributed by atoms with van der Waals surface area (Å²) in [5, 5.41) is 0. The molecule has 1 aromatic heterocycles. The van der Waals surface area contributed by atoms with Crippen molar-refractivity contribution in [1.29, 1.82) is 0 Å². The largest absolute Gasteiger partial charge is 0.450 e. The Morgan fingerprint density at radius 2 is 1.70 bits per heavy atom. The minimum Gasteiger partial charge on any atom is -0.450 e. The number of nitrogens with zero attached hydrogens (tertiary/aromatic N) is 4. The fraction of sp³-hybridized carbons (Fsp3) is 0.579. The molecule has 2 rings (SSSR count). The van der Waals surface area contributed by atoms with Crippen LogP contribution in [0.4, 0.5) is 4.79 Å². The van der Waals surface area contributed by atoms with Crippen LogP contribution < -0.4 is 0 Å². The van der Waals surface area contributed by atoms with Gasteiger partial charge in [0.2, 0.25) is 0 Å². The van der Waals surface area contributed by atoms with Gasteiger partial charge in [-0.05, 0) is 25.5 Å². The Balaban J connectivity index is 1.99. The highest BCUT2D eigenvalue weighted by Crippen LogP contribution is 2.10. The zero-order chi connectivity index (χ0) is 19.8. The van der Waals surface area contributed by atoms with Crippen molar-refractivity contribution < 1.29 is 19.1 Å². The van der Waals surface area contributed by atoms with Crippen LogP contribution in [0.5, 0.6) is 0 Å². The van der Waals surface area contributed by atoms with E-state index in [0.717, 1.165) is 12.8 Å². The number of pyridine rings is 1. The van der Waals surface area contributed by atoms with Gasteiger partial charge in [-0.25, -0.2) is 9.78 Å².